The van der Waals surface area contributed by atoms with Gasteiger partial charge >= 0.3 is 0 Å². The molecule has 5 heteroatoms. The van der Waals surface area contributed by atoms with Gasteiger partial charge in [-0.15, -0.1) is 0 Å². The summed E-state index contributed by atoms with van der Waals surface area (Å²) in [6, 6.07) is 0. The largest absolute Gasteiger partial charge is 0.477 e. The average molecular weight is 197 g/mol. The van der Waals surface area contributed by atoms with Crippen LogP contribution in [0.25, 0.3) is 0 Å². The number of nitrogens with zero attached hydrogens (tertiary/aromatic N) is 2. The molecule has 1 amide bonds. The molecular weight excluding hydrogens is 182 g/mol. The normalized spacial score (nSPS) is 12.4. The molecule has 14 heavy (non-hydrogen) atoms. The smallest absolute Gasteiger partial charge is 0.258 e. The van der Waals surface area contributed by atoms with Gasteiger partial charge in [0.05, 0.1) is 12.4 Å². The monoisotopic (exact) mass is 197 g/mol. The molecule has 0 spiro atoms. The number of nitrogens with two attached hydrogens (primary N) is 1. The van der Waals surface area contributed by atoms with Gasteiger partial charge in [0.25, 0.3) is 5.91 Å². The van der Waals surface area contributed by atoms with Crippen LogP contribution in [-0.2, 0) is 11.3 Å². The minimum Gasteiger partial charge on any atom is -0.477 e. The van der Waals surface area contributed by atoms with Gasteiger partial charge < -0.3 is 10.5 Å². The summed E-state index contributed by atoms with van der Waals surface area (Å²) in [6.07, 6.45) is 3.32. The molecule has 1 aromatic heterocycles. The molecule has 1 atom stereocenters. The Morgan fingerprint density at radius 2 is 2.43 bits per heavy atom. The van der Waals surface area contributed by atoms with Gasteiger partial charge in [0, 0.05) is 6.54 Å². The van der Waals surface area contributed by atoms with Crippen molar-refractivity contribution in [3.8, 4) is 5.75 Å². The first-order valence-corrected chi connectivity index (χ1v) is 4.65. The lowest BCUT2D eigenvalue weighted by atomic mass is 10.3. The van der Waals surface area contributed by atoms with Crippen molar-refractivity contribution in [2.45, 2.75) is 32.9 Å². The van der Waals surface area contributed by atoms with Crippen LogP contribution in [0.2, 0.25) is 0 Å². The van der Waals surface area contributed by atoms with E-state index in [1.54, 1.807) is 17.1 Å². The number of hydrogen-bond donors (Lipinski definition) is 1. The molecule has 2 N–H and O–H groups in total. The summed E-state index contributed by atoms with van der Waals surface area (Å²) < 4.78 is 7.07. The van der Waals surface area contributed by atoms with Crippen LogP contribution >= 0.6 is 0 Å². The Kier molecular flexibility index (Phi) is 3.50. The van der Waals surface area contributed by atoms with Gasteiger partial charge in [-0.05, 0) is 13.3 Å². The molecule has 78 valence electrons. The highest BCUT2D eigenvalue weighted by molar-refractivity contribution is 5.79. The number of amides is 1. The van der Waals surface area contributed by atoms with Crippen LogP contribution in [0.1, 0.15) is 20.3 Å². The van der Waals surface area contributed by atoms with Gasteiger partial charge in [-0.3, -0.25) is 9.48 Å². The highest BCUT2D eigenvalue weighted by atomic mass is 16.5. The highest BCUT2D eigenvalue weighted by Crippen LogP contribution is 2.11. The topological polar surface area (TPSA) is 70.1 Å². The summed E-state index contributed by atoms with van der Waals surface area (Å²) in [4.78, 5) is 10.9. The van der Waals surface area contributed by atoms with E-state index in [0.29, 0.717) is 12.2 Å². The first-order valence-electron chi connectivity index (χ1n) is 4.65. The van der Waals surface area contributed by atoms with Gasteiger partial charge in [-0.25, -0.2) is 0 Å². The van der Waals surface area contributed by atoms with Gasteiger partial charge in [0.2, 0.25) is 0 Å². The summed E-state index contributed by atoms with van der Waals surface area (Å²) in [5.74, 6) is 0.134. The number of aryl methyl sites for hydroxylation is 1. The standard InChI is InChI=1S/C9H15N3O2/c1-3-8(9(10)13)14-7-5-11-12(4-2)6-7/h5-6,8H,3-4H2,1-2H3,(H2,10,13). The number of carbonyl (C=O) groups excluding carboxylic acids is 1. The number of rotatable bonds is 5. The average Bonchev–Trinajstić information content (AvgIpc) is 2.61. The van der Waals surface area contributed by atoms with Crippen molar-refractivity contribution in [2.24, 2.45) is 5.73 Å². The van der Waals surface area contributed by atoms with E-state index in [1.165, 1.54) is 0 Å². The fraction of sp³-hybridized carbons (Fsp3) is 0.556. The van der Waals surface area contributed by atoms with E-state index in [2.05, 4.69) is 5.10 Å². The summed E-state index contributed by atoms with van der Waals surface area (Å²) in [5.41, 5.74) is 5.14. The molecule has 0 bridgehead atoms. The summed E-state index contributed by atoms with van der Waals surface area (Å²) in [5, 5.41) is 4.02. The fourth-order valence-corrected chi connectivity index (χ4v) is 1.09. The number of aromatic nitrogens is 2. The number of ether oxygens (including phenoxy) is 1. The number of carbonyl (C=O) groups is 1. The first-order chi connectivity index (χ1) is 6.67. The summed E-state index contributed by atoms with van der Waals surface area (Å²) >= 11 is 0. The molecule has 0 aliphatic heterocycles. The molecule has 0 aliphatic rings. The van der Waals surface area contributed by atoms with E-state index in [9.17, 15) is 4.79 Å². The van der Waals surface area contributed by atoms with Crippen molar-refractivity contribution in [3.63, 3.8) is 0 Å². The quantitative estimate of drug-likeness (QED) is 0.749. The maximum Gasteiger partial charge on any atom is 0.258 e. The molecule has 0 aliphatic carbocycles. The van der Waals surface area contributed by atoms with Crippen molar-refractivity contribution in [1.82, 2.24) is 9.78 Å². The molecule has 0 fully saturated rings. The van der Waals surface area contributed by atoms with Crippen LogP contribution < -0.4 is 10.5 Å². The van der Waals surface area contributed by atoms with E-state index in [1.807, 2.05) is 13.8 Å². The van der Waals surface area contributed by atoms with Crippen LogP contribution in [0, 0.1) is 0 Å². The van der Waals surface area contributed by atoms with E-state index >= 15 is 0 Å². The van der Waals surface area contributed by atoms with Crippen molar-refractivity contribution in [1.29, 1.82) is 0 Å². The molecule has 1 rings (SSSR count). The summed E-state index contributed by atoms with van der Waals surface area (Å²) in [7, 11) is 0. The Labute approximate surface area is 82.8 Å². The van der Waals surface area contributed by atoms with Crippen LogP contribution in [0.4, 0.5) is 0 Å². The van der Waals surface area contributed by atoms with E-state index < -0.39 is 12.0 Å². The number of hydrogen-bond acceptors (Lipinski definition) is 3. The van der Waals surface area contributed by atoms with Crippen molar-refractivity contribution in [3.05, 3.63) is 12.4 Å². The fourth-order valence-electron chi connectivity index (χ4n) is 1.09. The van der Waals surface area contributed by atoms with E-state index in [-0.39, 0.29) is 0 Å². The molecule has 1 heterocycles. The molecule has 1 unspecified atom stereocenters. The zero-order valence-corrected chi connectivity index (χ0v) is 8.43. The predicted octanol–water partition coefficient (Wildman–Crippen LogP) is 0.546. The minimum atomic E-state index is -0.565. The molecule has 0 saturated heterocycles. The first kappa shape index (κ1) is 10.6. The second-order valence-corrected chi connectivity index (χ2v) is 2.95. The maximum atomic E-state index is 10.9. The Hall–Kier alpha value is -1.52. The van der Waals surface area contributed by atoms with Crippen LogP contribution in [0.3, 0.4) is 0 Å². The van der Waals surface area contributed by atoms with Crippen molar-refractivity contribution >= 4 is 5.91 Å². The van der Waals surface area contributed by atoms with Crippen molar-refractivity contribution < 1.29 is 9.53 Å². The van der Waals surface area contributed by atoms with Gasteiger partial charge in [0.1, 0.15) is 0 Å². The van der Waals surface area contributed by atoms with E-state index in [4.69, 9.17) is 10.5 Å². The second-order valence-electron chi connectivity index (χ2n) is 2.95. The van der Waals surface area contributed by atoms with Crippen LogP contribution in [0.15, 0.2) is 12.4 Å². The molecule has 1 aromatic rings. The predicted molar refractivity (Wildman–Crippen MR) is 51.8 cm³/mol. The zero-order chi connectivity index (χ0) is 10.6. The zero-order valence-electron chi connectivity index (χ0n) is 8.43. The van der Waals surface area contributed by atoms with Gasteiger partial charge in [-0.1, -0.05) is 6.92 Å². The third-order valence-electron chi connectivity index (χ3n) is 1.90. The lowest BCUT2D eigenvalue weighted by Gasteiger charge is -2.11. The molecular formula is C9H15N3O2. The van der Waals surface area contributed by atoms with Gasteiger partial charge in [0.15, 0.2) is 11.9 Å². The Morgan fingerprint density at radius 1 is 1.71 bits per heavy atom. The minimum absolute atomic E-state index is 0.447. The Balaban J connectivity index is 2.62. The number of primary amides is 1. The highest BCUT2D eigenvalue weighted by Gasteiger charge is 2.15. The van der Waals surface area contributed by atoms with Crippen LogP contribution in [0.5, 0.6) is 5.75 Å². The third kappa shape index (κ3) is 2.48. The second kappa shape index (κ2) is 4.64. The molecule has 0 radical (unpaired) electrons. The summed E-state index contributed by atoms with van der Waals surface area (Å²) in [6.45, 7) is 4.60. The van der Waals surface area contributed by atoms with Crippen LogP contribution in [-0.4, -0.2) is 21.8 Å². The SMILES string of the molecule is CCC(Oc1cnn(CC)c1)C(N)=O. The lowest BCUT2D eigenvalue weighted by molar-refractivity contribution is -0.124. The molecule has 0 aromatic carbocycles. The molecule has 0 saturated carbocycles. The van der Waals surface area contributed by atoms with E-state index in [0.717, 1.165) is 6.54 Å². The van der Waals surface area contributed by atoms with Gasteiger partial charge in [-0.2, -0.15) is 5.10 Å². The van der Waals surface area contributed by atoms with Crippen molar-refractivity contribution in [2.75, 3.05) is 0 Å². The Bertz CT molecular complexity index is 309. The lowest BCUT2D eigenvalue weighted by Crippen LogP contribution is -2.32. The molecule has 5 nitrogen and oxygen atoms in total. The third-order valence-corrected chi connectivity index (χ3v) is 1.90. The maximum absolute atomic E-state index is 10.9. The Morgan fingerprint density at radius 3 is 2.86 bits per heavy atom.